The topological polar surface area (TPSA) is 106 Å². The Labute approximate surface area is 239 Å². The Morgan fingerprint density at radius 2 is 1.83 bits per heavy atom. The zero-order valence-electron chi connectivity index (χ0n) is 24.5. The third kappa shape index (κ3) is 7.14. The molecule has 2 aromatic carbocycles. The van der Waals surface area contributed by atoms with Crippen molar-refractivity contribution in [2.45, 2.75) is 59.2 Å². The van der Waals surface area contributed by atoms with Crippen molar-refractivity contribution in [3.8, 4) is 17.1 Å². The van der Waals surface area contributed by atoms with Gasteiger partial charge in [-0.15, -0.1) is 0 Å². The molecular formula is C30H38FN5O5. The molecule has 41 heavy (non-hydrogen) atoms. The van der Waals surface area contributed by atoms with Crippen molar-refractivity contribution < 1.29 is 23.5 Å². The molecule has 0 saturated carbocycles. The molecule has 1 aromatic heterocycles. The SMILES string of the molecule is COc1cc(-c2nc3ccc(N4CCCN(C(=O)OC(C)(C)C)CC4)cc3c(=O)n2CC(=O)NC(C)C)ccc1F. The van der Waals surface area contributed by atoms with E-state index in [0.29, 0.717) is 42.6 Å². The number of hydrogen-bond donors (Lipinski definition) is 1. The molecular weight excluding hydrogens is 529 g/mol. The van der Waals surface area contributed by atoms with Crippen LogP contribution in [0.25, 0.3) is 22.3 Å². The largest absolute Gasteiger partial charge is 0.494 e. The lowest BCUT2D eigenvalue weighted by Gasteiger charge is -2.27. The fourth-order valence-corrected chi connectivity index (χ4v) is 4.77. The summed E-state index contributed by atoms with van der Waals surface area (Å²) < 4.78 is 26.1. The van der Waals surface area contributed by atoms with Gasteiger partial charge in [-0.3, -0.25) is 14.2 Å². The molecule has 10 nitrogen and oxygen atoms in total. The number of hydrogen-bond acceptors (Lipinski definition) is 7. The van der Waals surface area contributed by atoms with Crippen LogP contribution in [0, 0.1) is 5.82 Å². The molecule has 2 heterocycles. The number of methoxy groups -OCH3 is 1. The number of carbonyl (C=O) groups excluding carboxylic acids is 2. The molecule has 0 unspecified atom stereocenters. The zero-order valence-corrected chi connectivity index (χ0v) is 24.5. The lowest BCUT2D eigenvalue weighted by Crippen LogP contribution is -2.39. The Bertz CT molecular complexity index is 1500. The molecule has 3 aromatic rings. The highest BCUT2D eigenvalue weighted by Gasteiger charge is 2.25. The first-order valence-corrected chi connectivity index (χ1v) is 13.8. The normalized spacial score (nSPS) is 14.2. The molecule has 220 valence electrons. The number of fused-ring (bicyclic) bond motifs is 1. The summed E-state index contributed by atoms with van der Waals surface area (Å²) in [6.45, 7) is 11.3. The van der Waals surface area contributed by atoms with Gasteiger partial charge in [0.2, 0.25) is 5.91 Å². The molecule has 1 aliphatic heterocycles. The van der Waals surface area contributed by atoms with Crippen molar-refractivity contribution in [3.05, 3.63) is 52.6 Å². The summed E-state index contributed by atoms with van der Waals surface area (Å²) in [5, 5.41) is 3.17. The number of anilines is 1. The van der Waals surface area contributed by atoms with Gasteiger partial charge >= 0.3 is 6.09 Å². The molecule has 4 rings (SSSR count). The second-order valence-corrected chi connectivity index (χ2v) is 11.4. The van der Waals surface area contributed by atoms with Crippen LogP contribution in [0.2, 0.25) is 0 Å². The van der Waals surface area contributed by atoms with Crippen molar-refractivity contribution in [3.63, 3.8) is 0 Å². The van der Waals surface area contributed by atoms with Gasteiger partial charge in [-0.25, -0.2) is 14.2 Å². The minimum Gasteiger partial charge on any atom is -0.494 e. The molecule has 0 atom stereocenters. The predicted octanol–water partition coefficient (Wildman–Crippen LogP) is 4.18. The highest BCUT2D eigenvalue weighted by molar-refractivity contribution is 5.85. The number of halogens is 1. The second kappa shape index (κ2) is 12.2. The number of aromatic nitrogens is 2. The van der Waals surface area contributed by atoms with Crippen LogP contribution in [0.15, 0.2) is 41.2 Å². The van der Waals surface area contributed by atoms with Crippen LogP contribution in [0.3, 0.4) is 0 Å². The summed E-state index contributed by atoms with van der Waals surface area (Å²) in [7, 11) is 1.36. The number of rotatable bonds is 6. The van der Waals surface area contributed by atoms with E-state index in [1.54, 1.807) is 17.0 Å². The molecule has 2 amide bonds. The Morgan fingerprint density at radius 3 is 2.51 bits per heavy atom. The average molecular weight is 568 g/mol. The van der Waals surface area contributed by atoms with E-state index in [2.05, 4.69) is 10.2 Å². The maximum atomic E-state index is 14.2. The highest BCUT2D eigenvalue weighted by Crippen LogP contribution is 2.27. The summed E-state index contributed by atoms with van der Waals surface area (Å²) in [5.74, 6) is -0.650. The van der Waals surface area contributed by atoms with Crippen LogP contribution in [-0.4, -0.2) is 71.4 Å². The molecule has 1 fully saturated rings. The van der Waals surface area contributed by atoms with Crippen molar-refractivity contribution >= 4 is 28.6 Å². The van der Waals surface area contributed by atoms with E-state index < -0.39 is 11.4 Å². The summed E-state index contributed by atoms with van der Waals surface area (Å²) in [5.41, 5.74) is 0.746. The third-order valence-corrected chi connectivity index (χ3v) is 6.61. The van der Waals surface area contributed by atoms with Crippen LogP contribution >= 0.6 is 0 Å². The molecule has 0 spiro atoms. The predicted molar refractivity (Wildman–Crippen MR) is 156 cm³/mol. The molecule has 0 aliphatic carbocycles. The van der Waals surface area contributed by atoms with Crippen molar-refractivity contribution in [2.24, 2.45) is 0 Å². The van der Waals surface area contributed by atoms with Gasteiger partial charge in [0, 0.05) is 43.5 Å². The monoisotopic (exact) mass is 567 g/mol. The van der Waals surface area contributed by atoms with E-state index in [0.717, 1.165) is 12.1 Å². The summed E-state index contributed by atoms with van der Waals surface area (Å²) in [6, 6.07) is 9.53. The van der Waals surface area contributed by atoms with Gasteiger partial charge in [0.15, 0.2) is 11.6 Å². The van der Waals surface area contributed by atoms with Crippen LogP contribution in [0.4, 0.5) is 14.9 Å². The molecule has 1 saturated heterocycles. The van der Waals surface area contributed by atoms with Gasteiger partial charge < -0.3 is 24.6 Å². The van der Waals surface area contributed by atoms with Crippen LogP contribution in [0.5, 0.6) is 5.75 Å². The molecule has 0 bridgehead atoms. The van der Waals surface area contributed by atoms with Gasteiger partial charge in [0.1, 0.15) is 18.0 Å². The Kier molecular flexibility index (Phi) is 8.84. The van der Waals surface area contributed by atoms with Gasteiger partial charge in [-0.2, -0.15) is 0 Å². The van der Waals surface area contributed by atoms with Crippen molar-refractivity contribution in [1.29, 1.82) is 0 Å². The van der Waals surface area contributed by atoms with Gasteiger partial charge in [-0.1, -0.05) is 0 Å². The van der Waals surface area contributed by atoms with Crippen molar-refractivity contribution in [1.82, 2.24) is 19.8 Å². The first-order valence-electron chi connectivity index (χ1n) is 13.8. The maximum Gasteiger partial charge on any atom is 0.410 e. The number of benzene rings is 2. The summed E-state index contributed by atoms with van der Waals surface area (Å²) in [4.78, 5) is 47.8. The zero-order chi connectivity index (χ0) is 29.9. The first-order chi connectivity index (χ1) is 19.4. The van der Waals surface area contributed by atoms with E-state index >= 15 is 0 Å². The molecule has 0 radical (unpaired) electrons. The Morgan fingerprint density at radius 1 is 1.07 bits per heavy atom. The van der Waals surface area contributed by atoms with Crippen LogP contribution in [-0.2, 0) is 16.1 Å². The third-order valence-electron chi connectivity index (χ3n) is 6.61. The van der Waals surface area contributed by atoms with Crippen molar-refractivity contribution in [2.75, 3.05) is 38.2 Å². The van der Waals surface area contributed by atoms with Gasteiger partial charge in [-0.05, 0) is 77.4 Å². The fraction of sp³-hybridized carbons (Fsp3) is 0.467. The fourth-order valence-electron chi connectivity index (χ4n) is 4.77. The summed E-state index contributed by atoms with van der Waals surface area (Å²) in [6.07, 6.45) is 0.398. The van der Waals surface area contributed by atoms with E-state index in [1.807, 2.05) is 40.7 Å². The quantitative estimate of drug-likeness (QED) is 0.476. The van der Waals surface area contributed by atoms with E-state index in [9.17, 15) is 18.8 Å². The van der Waals surface area contributed by atoms with E-state index in [1.165, 1.54) is 29.9 Å². The minimum absolute atomic E-state index is 0.00645. The molecule has 1 aliphatic rings. The summed E-state index contributed by atoms with van der Waals surface area (Å²) >= 11 is 0. The Balaban J connectivity index is 1.71. The molecule has 11 heteroatoms. The Hall–Kier alpha value is -4.15. The highest BCUT2D eigenvalue weighted by atomic mass is 19.1. The lowest BCUT2D eigenvalue weighted by molar-refractivity contribution is -0.122. The standard InChI is InChI=1S/C30H38FN5O5/c1-19(2)32-26(37)18-36-27(20-8-10-23(31)25(16-20)40-6)33-24-11-9-21(17-22(24)28(36)38)34-12-7-13-35(15-14-34)29(39)41-30(3,4)5/h8-11,16-17,19H,7,12-15,18H2,1-6H3,(H,32,37). The van der Waals surface area contributed by atoms with Gasteiger partial charge in [0.25, 0.3) is 5.56 Å². The average Bonchev–Trinajstić information content (AvgIpc) is 3.16. The van der Waals surface area contributed by atoms with E-state index in [4.69, 9.17) is 14.5 Å². The number of carbonyl (C=O) groups is 2. The van der Waals surface area contributed by atoms with Gasteiger partial charge in [0.05, 0.1) is 18.0 Å². The number of ether oxygens (including phenoxy) is 2. The van der Waals surface area contributed by atoms with Crippen LogP contribution < -0.4 is 20.5 Å². The number of amides is 2. The van der Waals surface area contributed by atoms with E-state index in [-0.39, 0.29) is 41.7 Å². The number of nitrogens with one attached hydrogen (secondary N) is 1. The van der Waals surface area contributed by atoms with Crippen LogP contribution in [0.1, 0.15) is 41.0 Å². The minimum atomic E-state index is -0.571. The smallest absolute Gasteiger partial charge is 0.410 e. The maximum absolute atomic E-state index is 14.2. The second-order valence-electron chi connectivity index (χ2n) is 11.4. The first kappa shape index (κ1) is 29.8. The lowest BCUT2D eigenvalue weighted by atomic mass is 10.1. The molecule has 1 N–H and O–H groups in total. The number of nitrogens with zero attached hydrogens (tertiary/aromatic N) is 4.